The maximum atomic E-state index is 12.0. The highest BCUT2D eigenvalue weighted by molar-refractivity contribution is 7.89. The Kier molecular flexibility index (Phi) is 3.79. The fourth-order valence-electron chi connectivity index (χ4n) is 2.24. The second-order valence-electron chi connectivity index (χ2n) is 4.91. The number of hydrogen-bond donors (Lipinski definition) is 2. The van der Waals surface area contributed by atoms with Crippen LogP contribution in [0.3, 0.4) is 0 Å². The molecule has 0 amide bonds. The Labute approximate surface area is 107 Å². The number of aliphatic hydroxyl groups is 1. The molecule has 6 heteroatoms. The van der Waals surface area contributed by atoms with Gasteiger partial charge in [-0.15, -0.1) is 0 Å². The predicted molar refractivity (Wildman–Crippen MR) is 66.4 cm³/mol. The number of aliphatic hydroxyl groups excluding tert-OH is 1. The summed E-state index contributed by atoms with van der Waals surface area (Å²) in [5.41, 5.74) is 0.124. The van der Waals surface area contributed by atoms with E-state index in [2.05, 4.69) is 11.6 Å². The zero-order valence-electron chi connectivity index (χ0n) is 10.5. The van der Waals surface area contributed by atoms with Gasteiger partial charge in [-0.25, -0.2) is 13.1 Å². The predicted octanol–water partition coefficient (Wildman–Crippen LogP) is 1.63. The quantitative estimate of drug-likeness (QED) is 0.825. The molecule has 5 nitrogen and oxygen atoms in total. The summed E-state index contributed by atoms with van der Waals surface area (Å²) in [5.74, 6) is 0.254. The van der Waals surface area contributed by atoms with Crippen LogP contribution in [0, 0.1) is 5.41 Å². The van der Waals surface area contributed by atoms with Crippen LogP contribution < -0.4 is 4.72 Å². The molecule has 0 aromatic carbocycles. The minimum absolute atomic E-state index is 0.124. The van der Waals surface area contributed by atoms with Crippen molar-refractivity contribution in [1.29, 1.82) is 0 Å². The van der Waals surface area contributed by atoms with Gasteiger partial charge in [0.1, 0.15) is 12.4 Å². The minimum atomic E-state index is -3.60. The molecule has 1 fully saturated rings. The zero-order valence-corrected chi connectivity index (χ0v) is 11.3. The summed E-state index contributed by atoms with van der Waals surface area (Å²) < 4.78 is 31.6. The third-order valence-corrected chi connectivity index (χ3v) is 5.13. The van der Waals surface area contributed by atoms with Crippen molar-refractivity contribution < 1.29 is 17.9 Å². The monoisotopic (exact) mass is 273 g/mol. The molecule has 0 unspecified atom stereocenters. The lowest BCUT2D eigenvalue weighted by Gasteiger charge is -2.41. The van der Waals surface area contributed by atoms with E-state index in [0.29, 0.717) is 6.54 Å². The lowest BCUT2D eigenvalue weighted by Crippen LogP contribution is -2.41. The van der Waals surface area contributed by atoms with E-state index in [4.69, 9.17) is 9.52 Å². The summed E-state index contributed by atoms with van der Waals surface area (Å²) in [5, 5.41) is 8.72. The average Bonchev–Trinajstić information content (AvgIpc) is 2.77. The van der Waals surface area contributed by atoms with Gasteiger partial charge in [-0.05, 0) is 36.8 Å². The molecule has 2 rings (SSSR count). The Morgan fingerprint density at radius 3 is 2.61 bits per heavy atom. The molecule has 1 aromatic heterocycles. The van der Waals surface area contributed by atoms with Crippen molar-refractivity contribution >= 4 is 10.0 Å². The Hall–Kier alpha value is -0.850. The highest BCUT2D eigenvalue weighted by atomic mass is 32.2. The lowest BCUT2D eigenvalue weighted by atomic mass is 9.67. The van der Waals surface area contributed by atoms with Gasteiger partial charge in [0.2, 0.25) is 5.09 Å². The van der Waals surface area contributed by atoms with E-state index in [1.54, 1.807) is 0 Å². The van der Waals surface area contributed by atoms with Gasteiger partial charge in [0.25, 0.3) is 10.0 Å². The van der Waals surface area contributed by atoms with Gasteiger partial charge < -0.3 is 9.52 Å². The van der Waals surface area contributed by atoms with Crippen LogP contribution in [-0.4, -0.2) is 20.1 Å². The molecule has 0 spiro atoms. The molecule has 0 radical (unpaired) electrons. The molecule has 1 aromatic rings. The fraction of sp³-hybridized carbons (Fsp3) is 0.667. The van der Waals surface area contributed by atoms with E-state index >= 15 is 0 Å². The van der Waals surface area contributed by atoms with Gasteiger partial charge in [0, 0.05) is 6.54 Å². The SMILES string of the molecule is CCC1(CNS(=O)(=O)c2ccc(CO)o2)CCC1. The van der Waals surface area contributed by atoms with E-state index in [9.17, 15) is 8.42 Å². The molecule has 0 atom stereocenters. The van der Waals surface area contributed by atoms with Gasteiger partial charge in [-0.1, -0.05) is 13.3 Å². The molecule has 1 heterocycles. The molecule has 0 saturated heterocycles. The Balaban J connectivity index is 2.03. The van der Waals surface area contributed by atoms with E-state index in [1.165, 1.54) is 18.6 Å². The highest BCUT2D eigenvalue weighted by Crippen LogP contribution is 2.43. The Bertz CT molecular complexity index is 496. The minimum Gasteiger partial charge on any atom is -0.446 e. The normalized spacial score (nSPS) is 18.6. The first-order valence-corrected chi connectivity index (χ1v) is 7.69. The average molecular weight is 273 g/mol. The second kappa shape index (κ2) is 5.03. The fourth-order valence-corrected chi connectivity index (χ4v) is 3.34. The molecule has 1 saturated carbocycles. The molecule has 0 bridgehead atoms. The molecule has 0 aliphatic heterocycles. The number of furan rings is 1. The second-order valence-corrected chi connectivity index (χ2v) is 6.61. The maximum Gasteiger partial charge on any atom is 0.273 e. The standard InChI is InChI=1S/C12H19NO4S/c1-2-12(6-3-7-12)9-13-18(15,16)11-5-4-10(8-14)17-11/h4-5,13-14H,2-3,6-9H2,1H3. The van der Waals surface area contributed by atoms with Gasteiger partial charge >= 0.3 is 0 Å². The smallest absolute Gasteiger partial charge is 0.273 e. The van der Waals surface area contributed by atoms with Crippen LogP contribution in [0.5, 0.6) is 0 Å². The van der Waals surface area contributed by atoms with E-state index in [1.807, 2.05) is 0 Å². The third kappa shape index (κ3) is 2.60. The van der Waals surface area contributed by atoms with E-state index in [0.717, 1.165) is 19.3 Å². The van der Waals surface area contributed by atoms with Crippen LogP contribution in [0.4, 0.5) is 0 Å². The molecule has 18 heavy (non-hydrogen) atoms. The van der Waals surface area contributed by atoms with Crippen molar-refractivity contribution in [2.75, 3.05) is 6.54 Å². The summed E-state index contributed by atoms with van der Waals surface area (Å²) in [7, 11) is -3.60. The van der Waals surface area contributed by atoms with Crippen molar-refractivity contribution in [2.24, 2.45) is 5.41 Å². The van der Waals surface area contributed by atoms with Gasteiger partial charge in [-0.3, -0.25) is 0 Å². The van der Waals surface area contributed by atoms with Crippen molar-refractivity contribution in [3.8, 4) is 0 Å². The zero-order chi connectivity index (χ0) is 13.2. The van der Waals surface area contributed by atoms with Crippen LogP contribution in [0.25, 0.3) is 0 Å². The number of nitrogens with one attached hydrogen (secondary N) is 1. The number of sulfonamides is 1. The Morgan fingerprint density at radius 1 is 1.44 bits per heavy atom. The summed E-state index contributed by atoms with van der Waals surface area (Å²) in [6.45, 7) is 2.25. The largest absolute Gasteiger partial charge is 0.446 e. The number of rotatable bonds is 6. The molecular weight excluding hydrogens is 254 g/mol. The Morgan fingerprint density at radius 2 is 2.17 bits per heavy atom. The first-order valence-electron chi connectivity index (χ1n) is 6.21. The van der Waals surface area contributed by atoms with Crippen LogP contribution in [0.1, 0.15) is 38.4 Å². The van der Waals surface area contributed by atoms with Gasteiger partial charge in [0.15, 0.2) is 0 Å². The third-order valence-electron chi connectivity index (χ3n) is 3.86. The maximum absolute atomic E-state index is 12.0. The molecule has 1 aliphatic rings. The molecule has 102 valence electrons. The van der Waals surface area contributed by atoms with Crippen molar-refractivity contribution in [3.05, 3.63) is 17.9 Å². The summed E-state index contributed by atoms with van der Waals surface area (Å²) in [6.07, 6.45) is 4.30. The van der Waals surface area contributed by atoms with Crippen LogP contribution in [0.2, 0.25) is 0 Å². The first kappa shape index (κ1) is 13.6. The van der Waals surface area contributed by atoms with Gasteiger partial charge in [-0.2, -0.15) is 0 Å². The highest BCUT2D eigenvalue weighted by Gasteiger charge is 2.36. The van der Waals surface area contributed by atoms with Gasteiger partial charge in [0.05, 0.1) is 0 Å². The van der Waals surface area contributed by atoms with E-state index in [-0.39, 0.29) is 22.9 Å². The van der Waals surface area contributed by atoms with Crippen LogP contribution in [-0.2, 0) is 16.6 Å². The van der Waals surface area contributed by atoms with Crippen molar-refractivity contribution in [3.63, 3.8) is 0 Å². The number of hydrogen-bond acceptors (Lipinski definition) is 4. The summed E-state index contributed by atoms with van der Waals surface area (Å²) in [6, 6.07) is 2.83. The van der Waals surface area contributed by atoms with Crippen molar-refractivity contribution in [1.82, 2.24) is 4.72 Å². The molecule has 1 aliphatic carbocycles. The van der Waals surface area contributed by atoms with Crippen LogP contribution >= 0.6 is 0 Å². The summed E-state index contributed by atoms with van der Waals surface area (Å²) in [4.78, 5) is 0. The topological polar surface area (TPSA) is 79.5 Å². The van der Waals surface area contributed by atoms with E-state index < -0.39 is 10.0 Å². The first-order chi connectivity index (χ1) is 8.51. The summed E-state index contributed by atoms with van der Waals surface area (Å²) >= 11 is 0. The van der Waals surface area contributed by atoms with Crippen molar-refractivity contribution in [2.45, 2.75) is 44.3 Å². The lowest BCUT2D eigenvalue weighted by molar-refractivity contribution is 0.132. The molecule has 2 N–H and O–H groups in total. The van der Waals surface area contributed by atoms with Crippen LogP contribution in [0.15, 0.2) is 21.6 Å². The molecular formula is C12H19NO4S.